The molecule has 1 atom stereocenters. The van der Waals surface area contributed by atoms with Crippen LogP contribution in [0.2, 0.25) is 5.02 Å². The molecular formula is C19H22ClNO3. The maximum atomic E-state index is 12.1. The highest BCUT2D eigenvalue weighted by atomic mass is 35.5. The Kier molecular flexibility index (Phi) is 6.50. The molecule has 2 aromatic rings. The molecule has 0 unspecified atom stereocenters. The third kappa shape index (κ3) is 5.17. The highest BCUT2D eigenvalue weighted by Crippen LogP contribution is 2.21. The second-order valence-electron chi connectivity index (χ2n) is 5.56. The van der Waals surface area contributed by atoms with E-state index in [1.165, 1.54) is 0 Å². The first-order valence-corrected chi connectivity index (χ1v) is 8.21. The van der Waals surface area contributed by atoms with Gasteiger partial charge in [0, 0.05) is 11.6 Å². The first kappa shape index (κ1) is 18.1. The summed E-state index contributed by atoms with van der Waals surface area (Å²) in [6.07, 6.45) is 0.184. The molecule has 0 heterocycles. The lowest BCUT2D eigenvalue weighted by atomic mass is 10.1. The third-order valence-corrected chi connectivity index (χ3v) is 4.11. The molecule has 5 heteroatoms. The molecule has 0 saturated heterocycles. The Morgan fingerprint density at radius 3 is 2.46 bits per heavy atom. The third-order valence-electron chi connectivity index (χ3n) is 3.68. The lowest BCUT2D eigenvalue weighted by molar-refractivity contribution is -0.127. The number of carbonyl (C=O) groups excluding carboxylic acids is 1. The summed E-state index contributed by atoms with van der Waals surface area (Å²) in [5.74, 6) is 1.31. The summed E-state index contributed by atoms with van der Waals surface area (Å²) in [7, 11) is 1.64. The van der Waals surface area contributed by atoms with E-state index in [1.54, 1.807) is 26.2 Å². The van der Waals surface area contributed by atoms with Crippen molar-refractivity contribution in [2.45, 2.75) is 26.4 Å². The fourth-order valence-corrected chi connectivity index (χ4v) is 2.33. The van der Waals surface area contributed by atoms with Gasteiger partial charge in [0.2, 0.25) is 0 Å². The van der Waals surface area contributed by atoms with Crippen LogP contribution in [0.4, 0.5) is 0 Å². The predicted octanol–water partition coefficient (Wildman–Crippen LogP) is 3.78. The molecule has 2 aromatic carbocycles. The van der Waals surface area contributed by atoms with E-state index in [2.05, 4.69) is 5.32 Å². The van der Waals surface area contributed by atoms with Crippen LogP contribution in [-0.2, 0) is 11.2 Å². The van der Waals surface area contributed by atoms with Crippen LogP contribution in [0.25, 0.3) is 0 Å². The van der Waals surface area contributed by atoms with Crippen LogP contribution < -0.4 is 14.8 Å². The summed E-state index contributed by atoms with van der Waals surface area (Å²) < 4.78 is 10.8. The van der Waals surface area contributed by atoms with Crippen molar-refractivity contribution in [3.05, 3.63) is 58.6 Å². The zero-order chi connectivity index (χ0) is 17.5. The molecule has 0 aliphatic carbocycles. The second kappa shape index (κ2) is 8.60. The Balaban J connectivity index is 1.79. The van der Waals surface area contributed by atoms with Crippen molar-refractivity contribution in [2.24, 2.45) is 0 Å². The summed E-state index contributed by atoms with van der Waals surface area (Å²) in [4.78, 5) is 12.1. The van der Waals surface area contributed by atoms with Gasteiger partial charge in [0.1, 0.15) is 11.5 Å². The quantitative estimate of drug-likeness (QED) is 0.829. The lowest BCUT2D eigenvalue weighted by Crippen LogP contribution is -2.37. The van der Waals surface area contributed by atoms with E-state index < -0.39 is 6.10 Å². The van der Waals surface area contributed by atoms with Gasteiger partial charge in [-0.05, 0) is 61.7 Å². The van der Waals surface area contributed by atoms with Gasteiger partial charge in [-0.2, -0.15) is 0 Å². The number of carbonyl (C=O) groups is 1. The van der Waals surface area contributed by atoms with Crippen molar-refractivity contribution < 1.29 is 14.3 Å². The molecule has 0 bridgehead atoms. The van der Waals surface area contributed by atoms with Gasteiger partial charge in [-0.1, -0.05) is 23.7 Å². The van der Waals surface area contributed by atoms with Crippen molar-refractivity contribution in [1.29, 1.82) is 0 Å². The van der Waals surface area contributed by atoms with E-state index >= 15 is 0 Å². The Morgan fingerprint density at radius 1 is 1.17 bits per heavy atom. The van der Waals surface area contributed by atoms with Gasteiger partial charge in [-0.15, -0.1) is 0 Å². The Hall–Kier alpha value is -2.20. The topological polar surface area (TPSA) is 47.6 Å². The molecule has 1 N–H and O–H groups in total. The number of halogens is 1. The lowest BCUT2D eigenvalue weighted by Gasteiger charge is -2.15. The average molecular weight is 348 g/mol. The minimum absolute atomic E-state index is 0.142. The zero-order valence-corrected chi connectivity index (χ0v) is 14.9. The molecular weight excluding hydrogens is 326 g/mol. The van der Waals surface area contributed by atoms with E-state index in [-0.39, 0.29) is 5.91 Å². The number of rotatable bonds is 7. The zero-order valence-electron chi connectivity index (χ0n) is 14.1. The van der Waals surface area contributed by atoms with Crippen LogP contribution in [0.15, 0.2) is 42.5 Å². The van der Waals surface area contributed by atoms with E-state index in [1.807, 2.05) is 37.3 Å². The molecule has 1 amide bonds. The van der Waals surface area contributed by atoms with Gasteiger partial charge in [-0.25, -0.2) is 0 Å². The first-order chi connectivity index (χ1) is 11.5. The second-order valence-corrected chi connectivity index (χ2v) is 5.97. The summed E-state index contributed by atoms with van der Waals surface area (Å²) in [5, 5.41) is 3.56. The molecule has 0 aromatic heterocycles. The number of hydrogen-bond donors (Lipinski definition) is 1. The standard InChI is InChI=1S/C19H22ClNO3/c1-13-12-17(8-9-18(13)20)24-14(2)19(22)21-11-10-15-4-6-16(23-3)7-5-15/h4-9,12,14H,10-11H2,1-3H3,(H,21,22)/t14-/m0/s1. The van der Waals surface area contributed by atoms with Crippen LogP contribution in [0.5, 0.6) is 11.5 Å². The average Bonchev–Trinajstić information content (AvgIpc) is 2.58. The van der Waals surface area contributed by atoms with Gasteiger partial charge in [0.25, 0.3) is 5.91 Å². The predicted molar refractivity (Wildman–Crippen MR) is 96.0 cm³/mol. The largest absolute Gasteiger partial charge is 0.497 e. The fourth-order valence-electron chi connectivity index (χ4n) is 2.21. The van der Waals surface area contributed by atoms with E-state index in [0.717, 1.165) is 23.3 Å². The van der Waals surface area contributed by atoms with Crippen LogP contribution in [-0.4, -0.2) is 25.7 Å². The van der Waals surface area contributed by atoms with Crippen LogP contribution in [0.3, 0.4) is 0 Å². The normalized spacial score (nSPS) is 11.7. The summed E-state index contributed by atoms with van der Waals surface area (Å²) in [6, 6.07) is 13.1. The van der Waals surface area contributed by atoms with Crippen molar-refractivity contribution in [1.82, 2.24) is 5.32 Å². The van der Waals surface area contributed by atoms with Crippen molar-refractivity contribution in [3.63, 3.8) is 0 Å². The molecule has 0 spiro atoms. The van der Waals surface area contributed by atoms with Crippen molar-refractivity contribution in [2.75, 3.05) is 13.7 Å². The minimum Gasteiger partial charge on any atom is -0.497 e. The first-order valence-electron chi connectivity index (χ1n) is 7.83. The Morgan fingerprint density at radius 2 is 1.83 bits per heavy atom. The highest BCUT2D eigenvalue weighted by molar-refractivity contribution is 6.31. The van der Waals surface area contributed by atoms with Crippen LogP contribution in [0, 0.1) is 6.92 Å². The number of benzene rings is 2. The molecule has 4 nitrogen and oxygen atoms in total. The maximum absolute atomic E-state index is 12.1. The van der Waals surface area contributed by atoms with Crippen LogP contribution in [0.1, 0.15) is 18.1 Å². The minimum atomic E-state index is -0.568. The van der Waals surface area contributed by atoms with E-state index in [0.29, 0.717) is 17.3 Å². The van der Waals surface area contributed by atoms with Gasteiger partial charge < -0.3 is 14.8 Å². The fraction of sp³-hybridized carbons (Fsp3) is 0.316. The smallest absolute Gasteiger partial charge is 0.260 e. The Bertz CT molecular complexity index is 686. The summed E-state index contributed by atoms with van der Waals surface area (Å²) in [6.45, 7) is 4.18. The molecule has 0 aliphatic rings. The highest BCUT2D eigenvalue weighted by Gasteiger charge is 2.14. The van der Waals surface area contributed by atoms with E-state index in [9.17, 15) is 4.79 Å². The molecule has 128 valence electrons. The number of nitrogens with one attached hydrogen (secondary N) is 1. The SMILES string of the molecule is COc1ccc(CCNC(=O)[C@H](C)Oc2ccc(Cl)c(C)c2)cc1. The number of methoxy groups -OCH3 is 1. The molecule has 2 rings (SSSR count). The Labute approximate surface area is 147 Å². The van der Waals surface area contributed by atoms with Crippen LogP contribution >= 0.6 is 11.6 Å². The number of ether oxygens (including phenoxy) is 2. The molecule has 0 saturated carbocycles. The summed E-state index contributed by atoms with van der Waals surface area (Å²) >= 11 is 5.98. The van der Waals surface area contributed by atoms with E-state index in [4.69, 9.17) is 21.1 Å². The molecule has 0 radical (unpaired) electrons. The van der Waals surface area contributed by atoms with Crippen molar-refractivity contribution in [3.8, 4) is 11.5 Å². The van der Waals surface area contributed by atoms with Gasteiger partial charge in [0.15, 0.2) is 6.10 Å². The molecule has 24 heavy (non-hydrogen) atoms. The van der Waals surface area contributed by atoms with Gasteiger partial charge in [0.05, 0.1) is 7.11 Å². The van der Waals surface area contributed by atoms with Gasteiger partial charge in [-0.3, -0.25) is 4.79 Å². The summed E-state index contributed by atoms with van der Waals surface area (Å²) in [5.41, 5.74) is 2.05. The monoisotopic (exact) mass is 347 g/mol. The number of hydrogen-bond acceptors (Lipinski definition) is 3. The van der Waals surface area contributed by atoms with Gasteiger partial charge >= 0.3 is 0 Å². The molecule has 0 fully saturated rings. The van der Waals surface area contributed by atoms with Crippen molar-refractivity contribution >= 4 is 17.5 Å². The molecule has 0 aliphatic heterocycles. The number of amides is 1. The maximum Gasteiger partial charge on any atom is 0.260 e. The number of aryl methyl sites for hydroxylation is 1.